The molecule has 0 heterocycles. The van der Waals surface area contributed by atoms with E-state index in [1.165, 1.54) is 12.1 Å². The molecule has 0 bridgehead atoms. The molecular formula is C28H26O6. The summed E-state index contributed by atoms with van der Waals surface area (Å²) in [6.45, 7) is 0. The highest BCUT2D eigenvalue weighted by Gasteiger charge is 2.14. The van der Waals surface area contributed by atoms with Crippen molar-refractivity contribution in [3.05, 3.63) is 101 Å². The fourth-order valence-electron chi connectivity index (χ4n) is 3.79. The third-order valence-corrected chi connectivity index (χ3v) is 5.58. The summed E-state index contributed by atoms with van der Waals surface area (Å²) in [7, 11) is 0. The van der Waals surface area contributed by atoms with Crippen molar-refractivity contribution in [3.63, 3.8) is 0 Å². The van der Waals surface area contributed by atoms with E-state index in [2.05, 4.69) is 0 Å². The summed E-state index contributed by atoms with van der Waals surface area (Å²) in [4.78, 5) is 0. The Labute approximate surface area is 197 Å². The Morgan fingerprint density at radius 1 is 0.471 bits per heavy atom. The summed E-state index contributed by atoms with van der Waals surface area (Å²) in [6, 6.07) is 22.1. The number of rotatable bonds is 8. The Morgan fingerprint density at radius 2 is 1.00 bits per heavy atom. The molecule has 6 nitrogen and oxygen atoms in total. The molecule has 4 rings (SSSR count). The molecule has 0 amide bonds. The molecule has 4 aromatic carbocycles. The summed E-state index contributed by atoms with van der Waals surface area (Å²) in [5, 5.41) is 50.1. The van der Waals surface area contributed by atoms with Crippen LogP contribution in [0.3, 0.4) is 0 Å². The van der Waals surface area contributed by atoms with Gasteiger partial charge in [-0.1, -0.05) is 30.3 Å². The van der Waals surface area contributed by atoms with Gasteiger partial charge in [0.25, 0.3) is 0 Å². The van der Waals surface area contributed by atoms with Gasteiger partial charge < -0.3 is 30.3 Å². The molecule has 4 aromatic rings. The van der Waals surface area contributed by atoms with Crippen molar-refractivity contribution >= 4 is 0 Å². The number of ether oxygens (including phenoxy) is 1. The molecule has 0 saturated carbocycles. The van der Waals surface area contributed by atoms with E-state index < -0.39 is 5.75 Å². The summed E-state index contributed by atoms with van der Waals surface area (Å²) in [5.74, 6) is -0.223. The first-order valence-corrected chi connectivity index (χ1v) is 11.0. The first-order valence-electron chi connectivity index (χ1n) is 11.0. The number of phenols is 5. The summed E-state index contributed by atoms with van der Waals surface area (Å²) < 4.78 is 5.80. The molecule has 0 aliphatic rings. The summed E-state index contributed by atoms with van der Waals surface area (Å²) in [5.41, 5.74) is 3.55. The van der Waals surface area contributed by atoms with E-state index in [9.17, 15) is 25.5 Å². The third kappa shape index (κ3) is 5.72. The van der Waals surface area contributed by atoms with E-state index in [1.54, 1.807) is 54.6 Å². The van der Waals surface area contributed by atoms with Crippen molar-refractivity contribution < 1.29 is 30.3 Å². The van der Waals surface area contributed by atoms with Crippen molar-refractivity contribution in [3.8, 4) is 40.2 Å². The van der Waals surface area contributed by atoms with E-state index in [4.69, 9.17) is 4.74 Å². The van der Waals surface area contributed by atoms with Crippen LogP contribution in [-0.4, -0.2) is 25.5 Å². The van der Waals surface area contributed by atoms with Crippen LogP contribution in [0.25, 0.3) is 0 Å². The number of benzene rings is 4. The Kier molecular flexibility index (Phi) is 6.78. The monoisotopic (exact) mass is 458 g/mol. The van der Waals surface area contributed by atoms with Crippen molar-refractivity contribution in [1.29, 1.82) is 0 Å². The molecule has 0 fully saturated rings. The predicted octanol–water partition coefficient (Wildman–Crippen LogP) is 5.58. The van der Waals surface area contributed by atoms with E-state index in [0.717, 1.165) is 22.3 Å². The Morgan fingerprint density at radius 3 is 1.59 bits per heavy atom. The predicted molar refractivity (Wildman–Crippen MR) is 129 cm³/mol. The highest BCUT2D eigenvalue weighted by molar-refractivity contribution is 5.55. The fourth-order valence-corrected chi connectivity index (χ4v) is 3.79. The van der Waals surface area contributed by atoms with Crippen molar-refractivity contribution in [2.24, 2.45) is 0 Å². The SMILES string of the molecule is Oc1cccc(CCc2ccc(O)c(Oc3cc(CCc4cccc(O)c4)cc(O)c3O)c2)c1. The maximum Gasteiger partial charge on any atom is 0.201 e. The number of hydrogen-bond donors (Lipinski definition) is 5. The summed E-state index contributed by atoms with van der Waals surface area (Å²) in [6.07, 6.45) is 2.51. The van der Waals surface area contributed by atoms with Gasteiger partial charge in [0.05, 0.1) is 0 Å². The lowest BCUT2D eigenvalue weighted by molar-refractivity contribution is 0.361. The van der Waals surface area contributed by atoms with Crippen LogP contribution in [0.5, 0.6) is 40.2 Å². The first-order chi connectivity index (χ1) is 16.4. The topological polar surface area (TPSA) is 110 Å². The van der Waals surface area contributed by atoms with Gasteiger partial charge in [-0.15, -0.1) is 0 Å². The van der Waals surface area contributed by atoms with Crippen LogP contribution in [0.4, 0.5) is 0 Å². The first kappa shape index (κ1) is 22.9. The fraction of sp³-hybridized carbons (Fsp3) is 0.143. The molecule has 0 radical (unpaired) electrons. The van der Waals surface area contributed by atoms with Gasteiger partial charge in [-0.25, -0.2) is 0 Å². The quantitative estimate of drug-likeness (QED) is 0.221. The van der Waals surface area contributed by atoms with E-state index in [1.807, 2.05) is 12.1 Å². The molecule has 0 saturated heterocycles. The number of aromatic hydroxyl groups is 5. The average molecular weight is 459 g/mol. The normalized spacial score (nSPS) is 10.8. The standard InChI is InChI=1S/C28H26O6/c29-22-5-1-3-18(13-22)7-8-20-11-12-24(31)26(16-20)34-27-17-21(15-25(32)28(27)33)10-9-19-4-2-6-23(30)14-19/h1-6,11-17,29-33H,7-10H2. The molecule has 5 N–H and O–H groups in total. The van der Waals surface area contributed by atoms with Crippen LogP contribution in [0.15, 0.2) is 78.9 Å². The zero-order valence-corrected chi connectivity index (χ0v) is 18.5. The van der Waals surface area contributed by atoms with E-state index in [-0.39, 0.29) is 34.5 Å². The van der Waals surface area contributed by atoms with Crippen molar-refractivity contribution in [1.82, 2.24) is 0 Å². The van der Waals surface area contributed by atoms with Gasteiger partial charge in [0.1, 0.15) is 11.5 Å². The molecule has 0 spiro atoms. The molecule has 0 aromatic heterocycles. The highest BCUT2D eigenvalue weighted by Crippen LogP contribution is 2.41. The minimum atomic E-state index is -0.411. The lowest BCUT2D eigenvalue weighted by Gasteiger charge is -2.13. The second kappa shape index (κ2) is 10.1. The molecule has 0 aliphatic heterocycles. The number of phenolic OH excluding ortho intramolecular Hbond substituents is 5. The summed E-state index contributed by atoms with van der Waals surface area (Å²) >= 11 is 0. The van der Waals surface area contributed by atoms with Gasteiger partial charge in [-0.2, -0.15) is 0 Å². The molecule has 0 aliphatic carbocycles. The minimum Gasteiger partial charge on any atom is -0.508 e. The molecule has 0 unspecified atom stereocenters. The molecule has 6 heteroatoms. The molecule has 174 valence electrons. The second-order valence-corrected chi connectivity index (χ2v) is 8.21. The lowest BCUT2D eigenvalue weighted by Crippen LogP contribution is -1.95. The van der Waals surface area contributed by atoms with Gasteiger partial charge in [-0.3, -0.25) is 0 Å². The number of aryl methyl sites for hydroxylation is 4. The smallest absolute Gasteiger partial charge is 0.201 e. The van der Waals surface area contributed by atoms with E-state index >= 15 is 0 Å². The second-order valence-electron chi connectivity index (χ2n) is 8.21. The van der Waals surface area contributed by atoms with Crippen LogP contribution in [-0.2, 0) is 25.7 Å². The van der Waals surface area contributed by atoms with Gasteiger partial charge in [0.15, 0.2) is 23.0 Å². The maximum absolute atomic E-state index is 10.3. The minimum absolute atomic E-state index is 0.0336. The Bertz CT molecular complexity index is 1300. The van der Waals surface area contributed by atoms with E-state index in [0.29, 0.717) is 25.7 Å². The van der Waals surface area contributed by atoms with Gasteiger partial charge in [-0.05, 0) is 96.5 Å². The largest absolute Gasteiger partial charge is 0.508 e. The maximum atomic E-state index is 10.3. The van der Waals surface area contributed by atoms with Gasteiger partial charge in [0.2, 0.25) is 5.75 Å². The van der Waals surface area contributed by atoms with Crippen LogP contribution < -0.4 is 4.74 Å². The average Bonchev–Trinajstić information content (AvgIpc) is 2.81. The highest BCUT2D eigenvalue weighted by atomic mass is 16.5. The zero-order chi connectivity index (χ0) is 24.1. The zero-order valence-electron chi connectivity index (χ0n) is 18.5. The Hall–Kier alpha value is -4.32. The number of hydrogen-bond acceptors (Lipinski definition) is 6. The molecule has 34 heavy (non-hydrogen) atoms. The van der Waals surface area contributed by atoms with Crippen LogP contribution in [0.1, 0.15) is 22.3 Å². The van der Waals surface area contributed by atoms with Crippen LogP contribution in [0.2, 0.25) is 0 Å². The van der Waals surface area contributed by atoms with Crippen LogP contribution in [0, 0.1) is 0 Å². The third-order valence-electron chi connectivity index (χ3n) is 5.58. The Balaban J connectivity index is 1.50. The van der Waals surface area contributed by atoms with Gasteiger partial charge in [0, 0.05) is 0 Å². The molecule has 0 atom stereocenters. The van der Waals surface area contributed by atoms with Gasteiger partial charge >= 0.3 is 0 Å². The van der Waals surface area contributed by atoms with Crippen molar-refractivity contribution in [2.45, 2.75) is 25.7 Å². The lowest BCUT2D eigenvalue weighted by atomic mass is 10.0. The van der Waals surface area contributed by atoms with Crippen molar-refractivity contribution in [2.75, 3.05) is 0 Å². The van der Waals surface area contributed by atoms with Crippen LogP contribution >= 0.6 is 0 Å². The molecular weight excluding hydrogens is 432 g/mol.